The molecule has 0 aliphatic rings. The summed E-state index contributed by atoms with van der Waals surface area (Å²) in [4.78, 5) is 12.4. The van der Waals surface area contributed by atoms with E-state index in [9.17, 15) is 13.2 Å². The van der Waals surface area contributed by atoms with Crippen molar-refractivity contribution in [2.45, 2.75) is 25.7 Å². The van der Waals surface area contributed by atoms with Crippen LogP contribution in [0.4, 0.5) is 11.4 Å². The second-order valence-corrected chi connectivity index (χ2v) is 8.28. The van der Waals surface area contributed by atoms with Crippen LogP contribution in [0.15, 0.2) is 51.9 Å². The Morgan fingerprint density at radius 1 is 1.04 bits per heavy atom. The fraction of sp³-hybridized carbons (Fsp3) is 0.158. The summed E-state index contributed by atoms with van der Waals surface area (Å²) in [5, 5.41) is 6.96. The first kappa shape index (κ1) is 19.9. The Morgan fingerprint density at radius 2 is 1.68 bits per heavy atom. The van der Waals surface area contributed by atoms with Gasteiger partial charge in [0.25, 0.3) is 15.9 Å². The number of aryl methyl sites for hydroxylation is 3. The van der Waals surface area contributed by atoms with Crippen LogP contribution >= 0.6 is 11.6 Å². The number of amides is 1. The fourth-order valence-electron chi connectivity index (χ4n) is 2.63. The second kappa shape index (κ2) is 7.65. The average molecular weight is 420 g/mol. The molecule has 3 aromatic rings. The molecule has 1 heterocycles. The number of hydrogen-bond donors (Lipinski definition) is 2. The third kappa shape index (κ3) is 4.18. The van der Waals surface area contributed by atoms with Gasteiger partial charge in [-0.3, -0.25) is 9.52 Å². The van der Waals surface area contributed by atoms with Crippen molar-refractivity contribution < 1.29 is 17.7 Å². The Kier molecular flexibility index (Phi) is 5.44. The van der Waals surface area contributed by atoms with Crippen molar-refractivity contribution in [3.63, 3.8) is 0 Å². The van der Waals surface area contributed by atoms with Gasteiger partial charge in [-0.1, -0.05) is 22.8 Å². The number of aromatic nitrogens is 1. The second-order valence-electron chi connectivity index (χ2n) is 6.25. The molecule has 0 bridgehead atoms. The molecule has 1 amide bonds. The minimum Gasteiger partial charge on any atom is -0.360 e. The van der Waals surface area contributed by atoms with Crippen molar-refractivity contribution in [2.75, 3.05) is 10.0 Å². The Balaban J connectivity index is 1.74. The summed E-state index contributed by atoms with van der Waals surface area (Å²) < 4.78 is 32.4. The number of anilines is 2. The summed E-state index contributed by atoms with van der Waals surface area (Å²) in [7, 11) is -3.84. The lowest BCUT2D eigenvalue weighted by atomic mass is 10.2. The van der Waals surface area contributed by atoms with Crippen LogP contribution in [0.3, 0.4) is 0 Å². The predicted octanol–water partition coefficient (Wildman–Crippen LogP) is 4.31. The highest BCUT2D eigenvalue weighted by Gasteiger charge is 2.24. The molecule has 0 aliphatic heterocycles. The molecular weight excluding hydrogens is 402 g/mol. The van der Waals surface area contributed by atoms with Crippen molar-refractivity contribution in [3.05, 3.63) is 70.1 Å². The highest BCUT2D eigenvalue weighted by molar-refractivity contribution is 7.92. The molecule has 0 fully saturated rings. The molecule has 0 unspecified atom stereocenters. The van der Waals surface area contributed by atoms with Crippen LogP contribution in [0, 0.1) is 20.8 Å². The van der Waals surface area contributed by atoms with Gasteiger partial charge in [-0.25, -0.2) is 8.42 Å². The fourth-order valence-corrected chi connectivity index (χ4v) is 4.20. The first-order valence-electron chi connectivity index (χ1n) is 8.30. The quantitative estimate of drug-likeness (QED) is 0.641. The first-order valence-corrected chi connectivity index (χ1v) is 10.2. The average Bonchev–Trinajstić information content (AvgIpc) is 2.97. The van der Waals surface area contributed by atoms with Crippen LogP contribution in [-0.2, 0) is 10.0 Å². The lowest BCUT2D eigenvalue weighted by Gasteiger charge is -2.09. The lowest BCUT2D eigenvalue weighted by molar-refractivity contribution is 0.102. The normalized spacial score (nSPS) is 11.3. The van der Waals surface area contributed by atoms with E-state index in [1.54, 1.807) is 19.1 Å². The number of benzene rings is 2. The van der Waals surface area contributed by atoms with Gasteiger partial charge in [0.05, 0.1) is 0 Å². The molecule has 1 aromatic heterocycles. The van der Waals surface area contributed by atoms with E-state index < -0.39 is 10.0 Å². The molecule has 2 aromatic carbocycles. The molecule has 2 N–H and O–H groups in total. The summed E-state index contributed by atoms with van der Waals surface area (Å²) in [6.07, 6.45) is 0. The zero-order valence-corrected chi connectivity index (χ0v) is 17.0. The monoisotopic (exact) mass is 419 g/mol. The van der Waals surface area contributed by atoms with Gasteiger partial charge >= 0.3 is 0 Å². The number of sulfonamides is 1. The van der Waals surface area contributed by atoms with Crippen LogP contribution in [0.5, 0.6) is 0 Å². The first-order chi connectivity index (χ1) is 13.2. The van der Waals surface area contributed by atoms with E-state index in [1.165, 1.54) is 31.2 Å². The molecule has 3 rings (SSSR count). The third-order valence-corrected chi connectivity index (χ3v) is 6.10. The number of nitrogens with one attached hydrogen (secondary N) is 2. The van der Waals surface area contributed by atoms with E-state index in [0.717, 1.165) is 5.56 Å². The number of carbonyl (C=O) groups is 1. The van der Waals surface area contributed by atoms with Gasteiger partial charge in [-0.15, -0.1) is 0 Å². The Morgan fingerprint density at radius 3 is 2.25 bits per heavy atom. The van der Waals surface area contributed by atoms with Gasteiger partial charge in [0.1, 0.15) is 5.69 Å². The molecule has 0 radical (unpaired) electrons. The smallest absolute Gasteiger partial charge is 0.267 e. The van der Waals surface area contributed by atoms with E-state index >= 15 is 0 Å². The molecule has 0 aliphatic carbocycles. The molecule has 7 nitrogen and oxygen atoms in total. The maximum Gasteiger partial charge on any atom is 0.267 e. The van der Waals surface area contributed by atoms with Crippen molar-refractivity contribution >= 4 is 38.9 Å². The molecule has 146 valence electrons. The van der Waals surface area contributed by atoms with Gasteiger partial charge < -0.3 is 9.84 Å². The zero-order chi connectivity index (χ0) is 20.5. The molecule has 0 atom stereocenters. The van der Waals surface area contributed by atoms with E-state index in [0.29, 0.717) is 22.0 Å². The molecule has 9 heteroatoms. The van der Waals surface area contributed by atoms with Gasteiger partial charge in [0.15, 0.2) is 10.7 Å². The lowest BCUT2D eigenvalue weighted by Crippen LogP contribution is -2.15. The topological polar surface area (TPSA) is 101 Å². The van der Waals surface area contributed by atoms with Crippen LogP contribution in [-0.4, -0.2) is 19.5 Å². The largest absolute Gasteiger partial charge is 0.360 e. The van der Waals surface area contributed by atoms with Crippen LogP contribution < -0.4 is 10.0 Å². The minimum absolute atomic E-state index is 0.00516. The highest BCUT2D eigenvalue weighted by atomic mass is 35.5. The summed E-state index contributed by atoms with van der Waals surface area (Å²) >= 11 is 6.06. The zero-order valence-electron chi connectivity index (χ0n) is 15.4. The summed E-state index contributed by atoms with van der Waals surface area (Å²) in [5.41, 5.74) is 2.45. The van der Waals surface area contributed by atoms with Gasteiger partial charge in [0.2, 0.25) is 0 Å². The van der Waals surface area contributed by atoms with E-state index in [-0.39, 0.29) is 22.3 Å². The molecule has 0 saturated carbocycles. The van der Waals surface area contributed by atoms with E-state index in [2.05, 4.69) is 15.2 Å². The molecule has 0 saturated heterocycles. The number of rotatable bonds is 5. The van der Waals surface area contributed by atoms with Crippen molar-refractivity contribution in [1.29, 1.82) is 0 Å². The minimum atomic E-state index is -3.84. The predicted molar refractivity (Wildman–Crippen MR) is 107 cm³/mol. The molecule has 28 heavy (non-hydrogen) atoms. The van der Waals surface area contributed by atoms with Gasteiger partial charge in [0, 0.05) is 22.0 Å². The molecule has 0 spiro atoms. The third-order valence-electron chi connectivity index (χ3n) is 4.07. The maximum absolute atomic E-state index is 12.5. The molecular formula is C19H18ClN3O4S. The number of carbonyl (C=O) groups excluding carboxylic acids is 1. The standard InChI is InChI=1S/C19H18ClN3O4S/c1-11-4-7-16(10-17(11)20)21-19(24)14-5-8-15(9-6-14)23-28(25,26)18-12(2)22-27-13(18)3/h4-10,23H,1-3H3,(H,21,24). The Bertz CT molecular complexity index is 1120. The number of nitrogens with zero attached hydrogens (tertiary/aromatic N) is 1. The van der Waals surface area contributed by atoms with Crippen LogP contribution in [0.25, 0.3) is 0 Å². The van der Waals surface area contributed by atoms with E-state index in [1.807, 2.05) is 13.0 Å². The van der Waals surface area contributed by atoms with Crippen LogP contribution in [0.2, 0.25) is 5.02 Å². The Hall–Kier alpha value is -2.84. The summed E-state index contributed by atoms with van der Waals surface area (Å²) in [6.45, 7) is 4.95. The highest BCUT2D eigenvalue weighted by Crippen LogP contribution is 2.23. The Labute approximate surface area is 167 Å². The van der Waals surface area contributed by atoms with Gasteiger partial charge in [-0.2, -0.15) is 0 Å². The number of halogens is 1. The SMILES string of the molecule is Cc1ccc(NC(=O)c2ccc(NS(=O)(=O)c3c(C)noc3C)cc2)cc1Cl. The van der Waals surface area contributed by atoms with E-state index in [4.69, 9.17) is 16.1 Å². The van der Waals surface area contributed by atoms with Crippen molar-refractivity contribution in [2.24, 2.45) is 0 Å². The number of hydrogen-bond acceptors (Lipinski definition) is 5. The van der Waals surface area contributed by atoms with Crippen molar-refractivity contribution in [3.8, 4) is 0 Å². The summed E-state index contributed by atoms with van der Waals surface area (Å²) in [6, 6.07) is 11.3. The van der Waals surface area contributed by atoms with Crippen LogP contribution in [0.1, 0.15) is 27.4 Å². The summed E-state index contributed by atoms with van der Waals surface area (Å²) in [5.74, 6) is -0.127. The van der Waals surface area contributed by atoms with Gasteiger partial charge in [-0.05, 0) is 62.7 Å². The maximum atomic E-state index is 12.5. The van der Waals surface area contributed by atoms with Crippen molar-refractivity contribution in [1.82, 2.24) is 5.16 Å².